The van der Waals surface area contributed by atoms with Crippen molar-refractivity contribution in [3.05, 3.63) is 59.8 Å². The monoisotopic (exact) mass is 477 g/mol. The lowest BCUT2D eigenvalue weighted by Gasteiger charge is -2.36. The van der Waals surface area contributed by atoms with Crippen LogP contribution >= 0.6 is 11.8 Å². The predicted octanol–water partition coefficient (Wildman–Crippen LogP) is 3.37. The van der Waals surface area contributed by atoms with Crippen molar-refractivity contribution >= 4 is 41.0 Å². The molecule has 0 aliphatic carbocycles. The van der Waals surface area contributed by atoms with E-state index in [9.17, 15) is 14.4 Å². The summed E-state index contributed by atoms with van der Waals surface area (Å²) in [4.78, 5) is 46.5. The number of piperidine rings is 1. The Labute approximate surface area is 202 Å². The lowest BCUT2D eigenvalue weighted by molar-refractivity contribution is -0.129. The van der Waals surface area contributed by atoms with Crippen LogP contribution < -0.4 is 15.5 Å². The van der Waals surface area contributed by atoms with E-state index in [1.807, 2.05) is 38.1 Å². The number of thioether (sulfide) groups is 1. The highest BCUT2D eigenvalue weighted by Crippen LogP contribution is 2.50. The number of anilines is 2. The van der Waals surface area contributed by atoms with Gasteiger partial charge < -0.3 is 15.5 Å². The van der Waals surface area contributed by atoms with Crippen molar-refractivity contribution < 1.29 is 14.4 Å². The maximum absolute atomic E-state index is 13.3. The second-order valence-electron chi connectivity index (χ2n) is 8.98. The highest BCUT2D eigenvalue weighted by atomic mass is 32.2. The lowest BCUT2D eigenvalue weighted by atomic mass is 9.98. The molecule has 0 radical (unpaired) electrons. The van der Waals surface area contributed by atoms with Crippen molar-refractivity contribution in [1.29, 1.82) is 0 Å². The predicted molar refractivity (Wildman–Crippen MR) is 131 cm³/mol. The molecule has 2 unspecified atom stereocenters. The lowest BCUT2D eigenvalue weighted by Crippen LogP contribution is -2.53. The third-order valence-electron chi connectivity index (χ3n) is 6.61. The summed E-state index contributed by atoms with van der Waals surface area (Å²) in [6.07, 6.45) is 4.62. The van der Waals surface area contributed by atoms with Crippen molar-refractivity contribution in [2.45, 2.75) is 49.0 Å². The number of likely N-dealkylation sites (tertiary alicyclic amines) is 1. The largest absolute Gasteiger partial charge is 0.351 e. The molecule has 34 heavy (non-hydrogen) atoms. The summed E-state index contributed by atoms with van der Waals surface area (Å²) < 4.78 is 0. The number of nitrogens with one attached hydrogen (secondary N) is 2. The molecule has 8 nitrogen and oxygen atoms in total. The van der Waals surface area contributed by atoms with E-state index in [2.05, 4.69) is 22.2 Å². The van der Waals surface area contributed by atoms with Crippen LogP contribution in [0.25, 0.3) is 0 Å². The number of hydrogen-bond acceptors (Lipinski definition) is 5. The number of aromatic nitrogens is 1. The fraction of sp³-hybridized carbons (Fsp3) is 0.360. The molecular weight excluding hydrogens is 450 g/mol. The first-order chi connectivity index (χ1) is 16.4. The molecule has 176 valence electrons. The number of nitrogens with zero attached hydrogens (tertiary/aromatic N) is 3. The van der Waals surface area contributed by atoms with Crippen LogP contribution in [0.3, 0.4) is 0 Å². The first kappa shape index (κ1) is 22.5. The average molecular weight is 478 g/mol. The minimum atomic E-state index is -0.528. The van der Waals surface area contributed by atoms with Gasteiger partial charge in [0.15, 0.2) is 0 Å². The number of pyridine rings is 1. The van der Waals surface area contributed by atoms with Gasteiger partial charge in [0, 0.05) is 30.9 Å². The number of aryl methyl sites for hydroxylation is 2. The van der Waals surface area contributed by atoms with Gasteiger partial charge in [0.1, 0.15) is 10.3 Å². The normalized spacial score (nSPS) is 23.2. The molecule has 0 bridgehead atoms. The Morgan fingerprint density at radius 3 is 2.85 bits per heavy atom. The molecule has 9 heteroatoms. The summed E-state index contributed by atoms with van der Waals surface area (Å²) >= 11 is 1.38. The van der Waals surface area contributed by atoms with Gasteiger partial charge in [-0.2, -0.15) is 0 Å². The van der Waals surface area contributed by atoms with Crippen LogP contribution in [0.2, 0.25) is 0 Å². The molecule has 3 aliphatic rings. The molecule has 1 aromatic carbocycles. The Hall–Kier alpha value is -3.33. The van der Waals surface area contributed by atoms with Crippen LogP contribution in [-0.2, 0) is 9.59 Å². The highest BCUT2D eigenvalue weighted by Gasteiger charge is 2.47. The van der Waals surface area contributed by atoms with Gasteiger partial charge in [0.25, 0.3) is 0 Å². The van der Waals surface area contributed by atoms with Crippen LogP contribution in [0, 0.1) is 13.8 Å². The van der Waals surface area contributed by atoms with Gasteiger partial charge in [0.05, 0.1) is 17.4 Å². The standard InChI is InChI=1S/C25H27N5O3S/c1-4-19(31)29-11-5-6-16(13-29)27-23(32)22-21-20-18(9-10-26-24(20)34-22)30(25(33)28-21)17-8-7-14(2)12-15(17)3/h4,7-10,12,16,21-22H,1,5-6,11,13H2,2-3H3,(H,27,32)(H,28,33)/t16?,21?,22-/m1/s1. The van der Waals surface area contributed by atoms with E-state index in [4.69, 9.17) is 0 Å². The Bertz CT molecular complexity index is 1200. The molecule has 0 spiro atoms. The SMILES string of the molecule is C=CC(=O)N1CCCC(NC(=O)[C@@H]2Sc3nccc4c3C2NC(=O)N4c2ccc(C)cc2C)C1. The van der Waals surface area contributed by atoms with Gasteiger partial charge in [0.2, 0.25) is 11.8 Å². The summed E-state index contributed by atoms with van der Waals surface area (Å²) in [6, 6.07) is 6.96. The van der Waals surface area contributed by atoms with E-state index in [1.54, 1.807) is 16.0 Å². The minimum Gasteiger partial charge on any atom is -0.351 e. The fourth-order valence-corrected chi connectivity index (χ4v) is 6.26. The number of carbonyl (C=O) groups excluding carboxylic acids is 3. The molecule has 0 saturated carbocycles. The van der Waals surface area contributed by atoms with Gasteiger partial charge >= 0.3 is 6.03 Å². The molecule has 2 N–H and O–H groups in total. The van der Waals surface area contributed by atoms with Crippen LogP contribution in [0.1, 0.15) is 35.6 Å². The molecule has 3 aliphatic heterocycles. The summed E-state index contributed by atoms with van der Waals surface area (Å²) in [7, 11) is 0. The Balaban J connectivity index is 1.40. The summed E-state index contributed by atoms with van der Waals surface area (Å²) in [5, 5.41) is 6.39. The van der Waals surface area contributed by atoms with Gasteiger partial charge in [-0.3, -0.25) is 14.5 Å². The number of rotatable bonds is 4. The van der Waals surface area contributed by atoms with Gasteiger partial charge in [-0.25, -0.2) is 9.78 Å². The van der Waals surface area contributed by atoms with E-state index in [0.717, 1.165) is 45.9 Å². The molecule has 1 saturated heterocycles. The number of urea groups is 1. The van der Waals surface area contributed by atoms with Gasteiger partial charge in [-0.15, -0.1) is 0 Å². The highest BCUT2D eigenvalue weighted by molar-refractivity contribution is 8.01. The number of amides is 4. The second-order valence-corrected chi connectivity index (χ2v) is 10.1. The molecule has 2 aromatic rings. The summed E-state index contributed by atoms with van der Waals surface area (Å²) in [6.45, 7) is 8.69. The molecule has 1 fully saturated rings. The molecule has 1 aromatic heterocycles. The fourth-order valence-electron chi connectivity index (χ4n) is 5.03. The third kappa shape index (κ3) is 3.83. The maximum atomic E-state index is 13.3. The molecule has 4 amide bonds. The van der Waals surface area contributed by atoms with E-state index in [1.165, 1.54) is 17.8 Å². The smallest absolute Gasteiger partial charge is 0.327 e. The zero-order valence-electron chi connectivity index (χ0n) is 19.2. The second kappa shape index (κ2) is 8.79. The van der Waals surface area contributed by atoms with E-state index < -0.39 is 11.3 Å². The van der Waals surface area contributed by atoms with Gasteiger partial charge in [-0.1, -0.05) is 36.0 Å². The molecule has 4 heterocycles. The van der Waals surface area contributed by atoms with Crippen LogP contribution in [0.5, 0.6) is 0 Å². The van der Waals surface area contributed by atoms with Crippen molar-refractivity contribution in [2.24, 2.45) is 0 Å². The molecule has 5 rings (SSSR count). The maximum Gasteiger partial charge on any atom is 0.327 e. The quantitative estimate of drug-likeness (QED) is 0.659. The Morgan fingerprint density at radius 2 is 2.09 bits per heavy atom. The van der Waals surface area contributed by atoms with E-state index >= 15 is 0 Å². The number of hydrogen-bond donors (Lipinski definition) is 2. The zero-order chi connectivity index (χ0) is 24.0. The number of benzene rings is 1. The molecular formula is C25H27N5O3S. The van der Waals surface area contributed by atoms with E-state index in [-0.39, 0.29) is 23.9 Å². The molecule has 3 atom stereocenters. The first-order valence-corrected chi connectivity index (χ1v) is 12.3. The van der Waals surface area contributed by atoms with Crippen LogP contribution in [-0.4, -0.2) is 52.1 Å². The topological polar surface area (TPSA) is 94.6 Å². The van der Waals surface area contributed by atoms with Crippen molar-refractivity contribution in [1.82, 2.24) is 20.5 Å². The zero-order valence-corrected chi connectivity index (χ0v) is 20.0. The number of carbonyl (C=O) groups is 3. The minimum absolute atomic E-state index is 0.124. The first-order valence-electron chi connectivity index (χ1n) is 11.4. The summed E-state index contributed by atoms with van der Waals surface area (Å²) in [5.41, 5.74) is 4.56. The van der Waals surface area contributed by atoms with Gasteiger partial charge in [-0.05, 0) is 50.5 Å². The average Bonchev–Trinajstić information content (AvgIpc) is 3.19. The third-order valence-corrected chi connectivity index (χ3v) is 7.90. The van der Waals surface area contributed by atoms with Crippen molar-refractivity contribution in [3.63, 3.8) is 0 Å². The van der Waals surface area contributed by atoms with Crippen LogP contribution in [0.4, 0.5) is 16.2 Å². The Kier molecular flexibility index (Phi) is 5.81. The van der Waals surface area contributed by atoms with Crippen molar-refractivity contribution in [2.75, 3.05) is 18.0 Å². The van der Waals surface area contributed by atoms with Crippen LogP contribution in [0.15, 0.2) is 48.1 Å². The Morgan fingerprint density at radius 1 is 1.26 bits per heavy atom. The van der Waals surface area contributed by atoms with Crippen molar-refractivity contribution in [3.8, 4) is 0 Å². The van der Waals surface area contributed by atoms with E-state index in [0.29, 0.717) is 13.1 Å². The summed E-state index contributed by atoms with van der Waals surface area (Å²) in [5.74, 6) is -0.279.